The highest BCUT2D eigenvalue weighted by Crippen LogP contribution is 2.23. The van der Waals surface area contributed by atoms with Crippen molar-refractivity contribution < 1.29 is 9.13 Å². The number of ether oxygens (including phenoxy) is 1. The zero-order valence-electron chi connectivity index (χ0n) is 13.9. The number of anilines is 3. The van der Waals surface area contributed by atoms with Crippen molar-refractivity contribution >= 4 is 17.6 Å². The first kappa shape index (κ1) is 16.0. The average molecular weight is 344 g/mol. The second-order valence-corrected chi connectivity index (χ2v) is 6.23. The normalized spacial score (nSPS) is 20.8. The van der Waals surface area contributed by atoms with E-state index in [1.807, 2.05) is 11.0 Å². The van der Waals surface area contributed by atoms with Gasteiger partial charge >= 0.3 is 0 Å². The molecular formula is C17H21FN6O. The van der Waals surface area contributed by atoms with Crippen molar-refractivity contribution in [2.75, 3.05) is 54.5 Å². The van der Waals surface area contributed by atoms with Crippen LogP contribution in [0.3, 0.4) is 0 Å². The van der Waals surface area contributed by atoms with Crippen LogP contribution in [0.25, 0.3) is 0 Å². The number of nitrogens with zero attached hydrogens (tertiary/aromatic N) is 5. The Balaban J connectivity index is 1.40. The van der Waals surface area contributed by atoms with E-state index in [9.17, 15) is 4.39 Å². The molecule has 0 spiro atoms. The molecule has 132 valence electrons. The van der Waals surface area contributed by atoms with Crippen molar-refractivity contribution in [3.05, 3.63) is 36.4 Å². The lowest BCUT2D eigenvalue weighted by molar-refractivity contribution is 0.122. The molecule has 25 heavy (non-hydrogen) atoms. The van der Waals surface area contributed by atoms with E-state index in [1.54, 1.807) is 18.5 Å². The molecule has 8 heteroatoms. The van der Waals surface area contributed by atoms with Crippen LogP contribution in [0.2, 0.25) is 0 Å². The molecule has 7 nitrogen and oxygen atoms in total. The summed E-state index contributed by atoms with van der Waals surface area (Å²) in [5, 5.41) is 3.44. The topological polar surface area (TPSA) is 66.4 Å². The van der Waals surface area contributed by atoms with E-state index < -0.39 is 0 Å². The molecule has 0 saturated carbocycles. The smallest absolute Gasteiger partial charge is 0.227 e. The molecule has 0 amide bonds. The van der Waals surface area contributed by atoms with Gasteiger partial charge in [-0.2, -0.15) is 4.98 Å². The number of rotatable bonds is 4. The summed E-state index contributed by atoms with van der Waals surface area (Å²) in [6.07, 6.45) is 4.30. The van der Waals surface area contributed by atoms with E-state index in [2.05, 4.69) is 25.2 Å². The minimum absolute atomic E-state index is 0.203. The van der Waals surface area contributed by atoms with Gasteiger partial charge in [0, 0.05) is 44.6 Å². The fourth-order valence-electron chi connectivity index (χ4n) is 3.23. The Bertz CT molecular complexity index is 724. The van der Waals surface area contributed by atoms with E-state index in [0.29, 0.717) is 25.6 Å². The van der Waals surface area contributed by atoms with Gasteiger partial charge in [0.1, 0.15) is 5.82 Å². The zero-order chi connectivity index (χ0) is 17.1. The molecule has 2 aromatic heterocycles. The molecule has 1 N–H and O–H groups in total. The zero-order valence-corrected chi connectivity index (χ0v) is 13.9. The molecule has 0 aliphatic carbocycles. The fraction of sp³-hybridized carbons (Fsp3) is 0.471. The molecule has 2 aliphatic heterocycles. The van der Waals surface area contributed by atoms with Crippen LogP contribution in [0.15, 0.2) is 30.6 Å². The van der Waals surface area contributed by atoms with E-state index in [1.165, 1.54) is 6.07 Å². The maximum Gasteiger partial charge on any atom is 0.227 e. The number of hydrogen-bond donors (Lipinski definition) is 1. The maximum atomic E-state index is 13.9. The minimum atomic E-state index is -0.278. The summed E-state index contributed by atoms with van der Waals surface area (Å²) < 4.78 is 19.3. The first-order valence-corrected chi connectivity index (χ1v) is 8.57. The van der Waals surface area contributed by atoms with Gasteiger partial charge < -0.3 is 19.9 Å². The Morgan fingerprint density at radius 3 is 2.80 bits per heavy atom. The number of hydrogen-bond acceptors (Lipinski definition) is 7. The Hall–Kier alpha value is -2.48. The molecule has 2 aliphatic rings. The second kappa shape index (κ2) is 7.18. The first-order chi connectivity index (χ1) is 12.3. The van der Waals surface area contributed by atoms with Crippen molar-refractivity contribution in [1.82, 2.24) is 15.0 Å². The van der Waals surface area contributed by atoms with Crippen LogP contribution in [-0.4, -0.2) is 60.4 Å². The van der Waals surface area contributed by atoms with Gasteiger partial charge in [-0.1, -0.05) is 0 Å². The van der Waals surface area contributed by atoms with Crippen molar-refractivity contribution in [2.45, 2.75) is 12.5 Å². The third kappa shape index (κ3) is 3.63. The summed E-state index contributed by atoms with van der Waals surface area (Å²) in [6.45, 7) is 4.49. The SMILES string of the molecule is Fc1cccnc1N1CCC(Nc2ccnc(N3CCOCC3)n2)C1. The van der Waals surface area contributed by atoms with Gasteiger partial charge in [0.25, 0.3) is 0 Å². The molecule has 4 heterocycles. The quantitative estimate of drug-likeness (QED) is 0.902. The molecule has 0 radical (unpaired) electrons. The Morgan fingerprint density at radius 1 is 1.08 bits per heavy atom. The van der Waals surface area contributed by atoms with E-state index in [-0.39, 0.29) is 11.9 Å². The second-order valence-electron chi connectivity index (χ2n) is 6.23. The predicted molar refractivity (Wildman–Crippen MR) is 93.5 cm³/mol. The molecule has 4 rings (SSSR count). The summed E-state index contributed by atoms with van der Waals surface area (Å²) >= 11 is 0. The highest BCUT2D eigenvalue weighted by Gasteiger charge is 2.25. The van der Waals surface area contributed by atoms with Gasteiger partial charge in [-0.05, 0) is 24.6 Å². The molecule has 0 bridgehead atoms. The number of nitrogens with one attached hydrogen (secondary N) is 1. The monoisotopic (exact) mass is 344 g/mol. The summed E-state index contributed by atoms with van der Waals surface area (Å²) in [7, 11) is 0. The van der Waals surface area contributed by atoms with E-state index in [0.717, 1.165) is 37.8 Å². The summed E-state index contributed by atoms with van der Waals surface area (Å²) in [6, 6.07) is 5.13. The number of halogens is 1. The molecule has 1 atom stereocenters. The lowest BCUT2D eigenvalue weighted by atomic mass is 10.2. The standard InChI is InChI=1S/C17H21FN6O/c18-14-2-1-5-19-16(14)24-7-4-13(12-24)21-15-3-6-20-17(22-15)23-8-10-25-11-9-23/h1-3,5-6,13H,4,7-12H2,(H,20,21,22). The predicted octanol–water partition coefficient (Wildman–Crippen LogP) is 1.54. The molecule has 2 aromatic rings. The van der Waals surface area contributed by atoms with Gasteiger partial charge in [0.05, 0.1) is 13.2 Å². The minimum Gasteiger partial charge on any atom is -0.378 e. The van der Waals surface area contributed by atoms with Crippen molar-refractivity contribution in [1.29, 1.82) is 0 Å². The van der Waals surface area contributed by atoms with Crippen molar-refractivity contribution in [3.63, 3.8) is 0 Å². The summed E-state index contributed by atoms with van der Waals surface area (Å²) in [5.41, 5.74) is 0. The third-order valence-electron chi connectivity index (χ3n) is 4.52. The number of morpholine rings is 1. The van der Waals surface area contributed by atoms with Gasteiger partial charge in [-0.3, -0.25) is 0 Å². The van der Waals surface area contributed by atoms with E-state index >= 15 is 0 Å². The summed E-state index contributed by atoms with van der Waals surface area (Å²) in [5.74, 6) is 1.66. The number of aromatic nitrogens is 3. The van der Waals surface area contributed by atoms with Crippen molar-refractivity contribution in [3.8, 4) is 0 Å². The average Bonchev–Trinajstić information content (AvgIpc) is 3.11. The lowest BCUT2D eigenvalue weighted by Gasteiger charge is -2.27. The van der Waals surface area contributed by atoms with Crippen LogP contribution in [0, 0.1) is 5.82 Å². The third-order valence-corrected chi connectivity index (χ3v) is 4.52. The Labute approximate surface area is 145 Å². The van der Waals surface area contributed by atoms with Crippen LogP contribution in [0.1, 0.15) is 6.42 Å². The first-order valence-electron chi connectivity index (χ1n) is 8.57. The molecule has 1 unspecified atom stereocenters. The van der Waals surface area contributed by atoms with Crippen LogP contribution in [-0.2, 0) is 4.74 Å². The van der Waals surface area contributed by atoms with Gasteiger partial charge in [0.15, 0.2) is 11.6 Å². The largest absolute Gasteiger partial charge is 0.378 e. The van der Waals surface area contributed by atoms with Crippen LogP contribution in [0.4, 0.5) is 22.0 Å². The molecular weight excluding hydrogens is 323 g/mol. The van der Waals surface area contributed by atoms with Crippen LogP contribution in [0.5, 0.6) is 0 Å². The van der Waals surface area contributed by atoms with Gasteiger partial charge in [-0.15, -0.1) is 0 Å². The Kier molecular flexibility index (Phi) is 4.60. The highest BCUT2D eigenvalue weighted by atomic mass is 19.1. The molecule has 2 fully saturated rings. The van der Waals surface area contributed by atoms with E-state index in [4.69, 9.17) is 4.74 Å². The van der Waals surface area contributed by atoms with Crippen molar-refractivity contribution in [2.24, 2.45) is 0 Å². The van der Waals surface area contributed by atoms with Gasteiger partial charge in [-0.25, -0.2) is 14.4 Å². The lowest BCUT2D eigenvalue weighted by Crippen LogP contribution is -2.37. The molecule has 2 saturated heterocycles. The number of pyridine rings is 1. The van der Waals surface area contributed by atoms with Crippen LogP contribution >= 0.6 is 0 Å². The molecule has 0 aromatic carbocycles. The van der Waals surface area contributed by atoms with Crippen LogP contribution < -0.4 is 15.1 Å². The highest BCUT2D eigenvalue weighted by molar-refractivity contribution is 5.45. The fourth-order valence-corrected chi connectivity index (χ4v) is 3.23. The summed E-state index contributed by atoms with van der Waals surface area (Å²) in [4.78, 5) is 17.2. The van der Waals surface area contributed by atoms with Gasteiger partial charge in [0.2, 0.25) is 5.95 Å². The maximum absolute atomic E-state index is 13.9. The Morgan fingerprint density at radius 2 is 1.96 bits per heavy atom.